The first-order valence-corrected chi connectivity index (χ1v) is 9.95. The zero-order valence-corrected chi connectivity index (χ0v) is 16.8. The van der Waals surface area contributed by atoms with Gasteiger partial charge in [0.15, 0.2) is 0 Å². The summed E-state index contributed by atoms with van der Waals surface area (Å²) in [4.78, 5) is 14.8. The molecule has 152 valence electrons. The summed E-state index contributed by atoms with van der Waals surface area (Å²) in [6, 6.07) is 5.29. The molecular formula is C21H30N4O3. The van der Waals surface area contributed by atoms with E-state index < -0.39 is 0 Å². The third kappa shape index (κ3) is 4.65. The van der Waals surface area contributed by atoms with E-state index in [1.165, 1.54) is 30.5 Å². The molecule has 7 nitrogen and oxygen atoms in total. The number of aromatic nitrogens is 2. The summed E-state index contributed by atoms with van der Waals surface area (Å²) in [5.74, 6) is 1.05. The molecular weight excluding hydrogens is 356 g/mol. The molecule has 0 bridgehead atoms. The molecule has 3 N–H and O–H groups in total. The Bertz CT molecular complexity index is 803. The van der Waals surface area contributed by atoms with E-state index in [1.54, 1.807) is 37.3 Å². The molecule has 3 rings (SSSR count). The van der Waals surface area contributed by atoms with Gasteiger partial charge in [-0.15, -0.1) is 0 Å². The van der Waals surface area contributed by atoms with Crippen molar-refractivity contribution in [2.24, 2.45) is 5.73 Å². The van der Waals surface area contributed by atoms with Gasteiger partial charge in [-0.25, -0.2) is 0 Å². The number of aryl methyl sites for hydroxylation is 1. The van der Waals surface area contributed by atoms with Gasteiger partial charge in [0.1, 0.15) is 11.5 Å². The molecule has 0 fully saturated rings. The number of rotatable bonds is 8. The number of methoxy groups -OCH3 is 1. The van der Waals surface area contributed by atoms with Crippen molar-refractivity contribution in [3.05, 3.63) is 40.7 Å². The fourth-order valence-corrected chi connectivity index (χ4v) is 3.55. The summed E-state index contributed by atoms with van der Waals surface area (Å²) < 4.78 is 11.1. The highest BCUT2D eigenvalue weighted by atomic mass is 16.5. The third-order valence-electron chi connectivity index (χ3n) is 5.15. The molecule has 2 aromatic rings. The molecule has 1 aliphatic rings. The smallest absolute Gasteiger partial charge is 0.257 e. The highest BCUT2D eigenvalue weighted by Gasteiger charge is 2.22. The van der Waals surface area contributed by atoms with E-state index in [0.717, 1.165) is 25.0 Å². The minimum absolute atomic E-state index is 0.118. The van der Waals surface area contributed by atoms with Gasteiger partial charge in [0.25, 0.3) is 5.91 Å². The van der Waals surface area contributed by atoms with Gasteiger partial charge < -0.3 is 20.1 Å². The van der Waals surface area contributed by atoms with Gasteiger partial charge in [0, 0.05) is 12.7 Å². The lowest BCUT2D eigenvalue weighted by Gasteiger charge is -2.19. The molecule has 1 aromatic carbocycles. The number of carbonyl (C=O) groups excluding carboxylic acids is 1. The van der Waals surface area contributed by atoms with E-state index in [1.807, 2.05) is 0 Å². The number of ether oxygens (including phenoxy) is 2. The topological polar surface area (TPSA) is 93.5 Å². The molecule has 0 unspecified atom stereocenters. The molecule has 1 amide bonds. The minimum Gasteiger partial charge on any atom is -0.497 e. The van der Waals surface area contributed by atoms with Crippen LogP contribution in [0.1, 0.15) is 53.0 Å². The van der Waals surface area contributed by atoms with Crippen molar-refractivity contribution in [1.82, 2.24) is 15.1 Å². The van der Waals surface area contributed by atoms with Gasteiger partial charge in [-0.05, 0) is 62.4 Å². The average molecular weight is 386 g/mol. The van der Waals surface area contributed by atoms with Crippen LogP contribution in [0.2, 0.25) is 0 Å². The van der Waals surface area contributed by atoms with Crippen LogP contribution in [0.4, 0.5) is 0 Å². The van der Waals surface area contributed by atoms with Crippen molar-refractivity contribution < 1.29 is 14.3 Å². The number of carbonyl (C=O) groups is 1. The van der Waals surface area contributed by atoms with E-state index in [0.29, 0.717) is 36.8 Å². The molecule has 0 atom stereocenters. The molecule has 1 heterocycles. The Hall–Kier alpha value is -2.54. The van der Waals surface area contributed by atoms with Crippen molar-refractivity contribution >= 4 is 5.91 Å². The number of aromatic amines is 1. The molecule has 0 aliphatic heterocycles. The Labute approximate surface area is 166 Å². The lowest BCUT2D eigenvalue weighted by Crippen LogP contribution is -2.27. The predicted octanol–water partition coefficient (Wildman–Crippen LogP) is 2.69. The highest BCUT2D eigenvalue weighted by Crippen LogP contribution is 2.27. The number of nitrogens with two attached hydrogens (primary N) is 1. The first kappa shape index (κ1) is 20.2. The number of fused-ring (bicyclic) bond motifs is 1. The number of hydrogen-bond donors (Lipinski definition) is 2. The maximum atomic E-state index is 13.2. The van der Waals surface area contributed by atoms with Crippen molar-refractivity contribution in [2.75, 3.05) is 27.3 Å². The minimum atomic E-state index is -0.118. The van der Waals surface area contributed by atoms with Crippen LogP contribution in [0.25, 0.3) is 0 Å². The Morgan fingerprint density at radius 2 is 2.11 bits per heavy atom. The normalized spacial score (nSPS) is 13.5. The zero-order chi connectivity index (χ0) is 19.9. The Kier molecular flexibility index (Phi) is 6.92. The summed E-state index contributed by atoms with van der Waals surface area (Å²) >= 11 is 0. The van der Waals surface area contributed by atoms with Gasteiger partial charge in [0.05, 0.1) is 31.5 Å². The van der Waals surface area contributed by atoms with Crippen LogP contribution in [-0.4, -0.2) is 48.3 Å². The maximum absolute atomic E-state index is 13.2. The van der Waals surface area contributed by atoms with E-state index in [4.69, 9.17) is 15.2 Å². The number of H-pyrrole nitrogens is 1. The van der Waals surface area contributed by atoms with E-state index in [2.05, 4.69) is 10.2 Å². The molecule has 28 heavy (non-hydrogen) atoms. The number of hydrogen-bond acceptors (Lipinski definition) is 5. The summed E-state index contributed by atoms with van der Waals surface area (Å²) in [5, 5.41) is 7.65. The van der Waals surface area contributed by atoms with Crippen LogP contribution in [-0.2, 0) is 19.4 Å². The molecule has 0 saturated heterocycles. The second-order valence-electron chi connectivity index (χ2n) is 7.20. The quantitative estimate of drug-likeness (QED) is 0.537. The number of nitrogens with one attached hydrogen (secondary N) is 1. The van der Waals surface area contributed by atoms with Crippen LogP contribution < -0.4 is 15.2 Å². The second-order valence-corrected chi connectivity index (χ2v) is 7.20. The number of nitrogens with zero attached hydrogens (tertiary/aromatic N) is 2. The van der Waals surface area contributed by atoms with Crippen LogP contribution in [0.3, 0.4) is 0 Å². The Morgan fingerprint density at radius 3 is 2.89 bits per heavy atom. The molecule has 1 aromatic heterocycles. The summed E-state index contributed by atoms with van der Waals surface area (Å²) in [6.07, 6.45) is 6.40. The van der Waals surface area contributed by atoms with E-state index in [9.17, 15) is 4.79 Å². The van der Waals surface area contributed by atoms with Crippen molar-refractivity contribution in [2.45, 2.75) is 45.1 Å². The molecule has 0 saturated carbocycles. The molecule has 7 heteroatoms. The monoisotopic (exact) mass is 386 g/mol. The zero-order valence-electron chi connectivity index (χ0n) is 16.8. The van der Waals surface area contributed by atoms with Crippen molar-refractivity contribution in [3.8, 4) is 11.5 Å². The first-order valence-electron chi connectivity index (χ1n) is 9.95. The average Bonchev–Trinajstić information content (AvgIpc) is 2.93. The van der Waals surface area contributed by atoms with Crippen LogP contribution >= 0.6 is 0 Å². The van der Waals surface area contributed by atoms with Gasteiger partial charge >= 0.3 is 0 Å². The van der Waals surface area contributed by atoms with Crippen molar-refractivity contribution in [3.63, 3.8) is 0 Å². The number of benzene rings is 1. The molecule has 0 radical (unpaired) electrons. The summed E-state index contributed by atoms with van der Waals surface area (Å²) in [6.45, 7) is 1.48. The summed E-state index contributed by atoms with van der Waals surface area (Å²) in [7, 11) is 3.38. The van der Waals surface area contributed by atoms with Gasteiger partial charge in [-0.2, -0.15) is 5.10 Å². The van der Waals surface area contributed by atoms with Gasteiger partial charge in [-0.3, -0.25) is 9.89 Å². The van der Waals surface area contributed by atoms with Gasteiger partial charge in [-0.1, -0.05) is 6.42 Å². The van der Waals surface area contributed by atoms with Crippen LogP contribution in [0.15, 0.2) is 18.2 Å². The lowest BCUT2D eigenvalue weighted by atomic mass is 10.1. The fourth-order valence-electron chi connectivity index (χ4n) is 3.55. The molecule has 1 aliphatic carbocycles. The second kappa shape index (κ2) is 9.59. The largest absolute Gasteiger partial charge is 0.497 e. The van der Waals surface area contributed by atoms with E-state index in [-0.39, 0.29) is 5.91 Å². The molecule has 0 spiro atoms. The maximum Gasteiger partial charge on any atom is 0.257 e. The van der Waals surface area contributed by atoms with Crippen molar-refractivity contribution in [1.29, 1.82) is 0 Å². The highest BCUT2D eigenvalue weighted by molar-refractivity contribution is 5.97. The van der Waals surface area contributed by atoms with Crippen LogP contribution in [0.5, 0.6) is 11.5 Å². The third-order valence-corrected chi connectivity index (χ3v) is 5.15. The Morgan fingerprint density at radius 1 is 1.29 bits per heavy atom. The Balaban J connectivity index is 1.78. The van der Waals surface area contributed by atoms with E-state index >= 15 is 0 Å². The lowest BCUT2D eigenvalue weighted by molar-refractivity contribution is 0.0778. The fraction of sp³-hybridized carbons (Fsp3) is 0.524. The van der Waals surface area contributed by atoms with Crippen LogP contribution in [0, 0.1) is 0 Å². The standard InChI is InChI=1S/C21H30N4O3/c1-25(14-19-16-7-4-3-5-8-18(16)23-24-19)21(26)17-13-15(27-2)9-10-20(17)28-12-6-11-22/h9-10,13H,3-8,11-12,14,22H2,1-2H3,(H,23,24). The first-order chi connectivity index (χ1) is 13.6. The SMILES string of the molecule is COc1ccc(OCCCN)c(C(=O)N(C)Cc2n[nH]c3c2CCCCC3)c1. The summed E-state index contributed by atoms with van der Waals surface area (Å²) in [5.41, 5.74) is 9.49. The predicted molar refractivity (Wildman–Crippen MR) is 108 cm³/mol. The van der Waals surface area contributed by atoms with Gasteiger partial charge in [0.2, 0.25) is 0 Å². The number of amides is 1.